The first-order chi connectivity index (χ1) is 16.2. The van der Waals surface area contributed by atoms with Crippen LogP contribution in [0.4, 0.5) is 17.3 Å². The van der Waals surface area contributed by atoms with Crippen LogP contribution in [-0.4, -0.2) is 45.5 Å². The Balaban J connectivity index is 1.74. The van der Waals surface area contributed by atoms with Gasteiger partial charge in [-0.2, -0.15) is 0 Å². The van der Waals surface area contributed by atoms with Crippen molar-refractivity contribution in [1.29, 1.82) is 0 Å². The summed E-state index contributed by atoms with van der Waals surface area (Å²) in [6.07, 6.45) is 1.03. The molecule has 1 aromatic heterocycles. The molecule has 0 fully saturated rings. The van der Waals surface area contributed by atoms with E-state index >= 15 is 0 Å². The number of benzene rings is 2. The van der Waals surface area contributed by atoms with E-state index in [2.05, 4.69) is 20.0 Å². The van der Waals surface area contributed by atoms with E-state index in [1.54, 1.807) is 32.0 Å². The summed E-state index contributed by atoms with van der Waals surface area (Å²) in [4.78, 5) is 20.7. The van der Waals surface area contributed by atoms with Crippen LogP contribution in [0.3, 0.4) is 0 Å². The lowest BCUT2D eigenvalue weighted by Gasteiger charge is -2.23. The van der Waals surface area contributed by atoms with Crippen molar-refractivity contribution in [3.63, 3.8) is 0 Å². The number of sulfonamides is 2. The smallest absolute Gasteiger partial charge is 0.264 e. The Kier molecular flexibility index (Phi) is 7.46. The highest BCUT2D eigenvalue weighted by atomic mass is 32.2. The van der Waals surface area contributed by atoms with Gasteiger partial charge in [0.2, 0.25) is 21.9 Å². The minimum absolute atomic E-state index is 0.0351. The average Bonchev–Trinajstić information content (AvgIpc) is 2.69. The summed E-state index contributed by atoms with van der Waals surface area (Å²) in [7, 11) is -7.68. The molecule has 0 aliphatic rings. The van der Waals surface area contributed by atoms with Crippen molar-refractivity contribution in [3.8, 4) is 0 Å². The van der Waals surface area contributed by atoms with E-state index in [-0.39, 0.29) is 10.8 Å². The number of aryl methyl sites for hydroxylation is 4. The standard InChI is InChI=1S/C23H27N5O5S2/c1-15-10-16(2)12-20(11-15)28(34(5,30)31)14-22(29)26-19-6-8-21(9-7-19)35(32,33)27-23-24-17(3)13-18(4)25-23/h6-13H,14H2,1-5H3,(H,26,29)(H,24,25,27). The van der Waals surface area contributed by atoms with Crippen molar-refractivity contribution in [1.82, 2.24) is 9.97 Å². The Labute approximate surface area is 205 Å². The van der Waals surface area contributed by atoms with Gasteiger partial charge in [0.15, 0.2) is 0 Å². The Morgan fingerprint density at radius 2 is 1.40 bits per heavy atom. The van der Waals surface area contributed by atoms with Crippen molar-refractivity contribution in [2.45, 2.75) is 32.6 Å². The molecular formula is C23H27N5O5S2. The first-order valence-electron chi connectivity index (χ1n) is 10.5. The van der Waals surface area contributed by atoms with Gasteiger partial charge in [0.05, 0.1) is 16.8 Å². The molecule has 2 aromatic carbocycles. The number of aromatic nitrogens is 2. The van der Waals surface area contributed by atoms with Gasteiger partial charge in [-0.15, -0.1) is 0 Å². The number of carbonyl (C=O) groups is 1. The molecule has 0 saturated heterocycles. The number of hydrogen-bond acceptors (Lipinski definition) is 7. The van der Waals surface area contributed by atoms with Crippen molar-refractivity contribution >= 4 is 43.3 Å². The van der Waals surface area contributed by atoms with E-state index in [0.717, 1.165) is 21.7 Å². The maximum absolute atomic E-state index is 12.7. The summed E-state index contributed by atoms with van der Waals surface area (Å²) in [5, 5.41) is 2.60. The van der Waals surface area contributed by atoms with Gasteiger partial charge in [0, 0.05) is 17.1 Å². The lowest BCUT2D eigenvalue weighted by Crippen LogP contribution is -2.37. The minimum Gasteiger partial charge on any atom is -0.325 e. The highest BCUT2D eigenvalue weighted by Gasteiger charge is 2.22. The van der Waals surface area contributed by atoms with Gasteiger partial charge in [-0.25, -0.2) is 31.5 Å². The Morgan fingerprint density at radius 3 is 1.91 bits per heavy atom. The van der Waals surface area contributed by atoms with Gasteiger partial charge in [-0.1, -0.05) is 6.07 Å². The van der Waals surface area contributed by atoms with Crippen LogP contribution in [0.25, 0.3) is 0 Å². The fourth-order valence-corrected chi connectivity index (χ4v) is 5.28. The molecule has 186 valence electrons. The first-order valence-corrected chi connectivity index (χ1v) is 13.9. The maximum atomic E-state index is 12.7. The molecule has 0 unspecified atom stereocenters. The normalized spacial score (nSPS) is 11.7. The quantitative estimate of drug-likeness (QED) is 0.468. The molecule has 35 heavy (non-hydrogen) atoms. The molecule has 0 saturated carbocycles. The van der Waals surface area contributed by atoms with E-state index in [0.29, 0.717) is 22.8 Å². The number of carbonyl (C=O) groups excluding carboxylic acids is 1. The SMILES string of the molecule is Cc1cc(C)cc(N(CC(=O)Nc2ccc(S(=O)(=O)Nc3nc(C)cc(C)n3)cc2)S(C)(=O)=O)c1. The second-order valence-electron chi connectivity index (χ2n) is 8.27. The molecule has 0 atom stereocenters. The van der Waals surface area contributed by atoms with Gasteiger partial charge in [0.25, 0.3) is 10.0 Å². The van der Waals surface area contributed by atoms with Gasteiger partial charge < -0.3 is 5.32 Å². The predicted octanol–water partition coefficient (Wildman–Crippen LogP) is 2.92. The number of rotatable bonds is 8. The highest BCUT2D eigenvalue weighted by Crippen LogP contribution is 2.22. The number of nitrogens with zero attached hydrogens (tertiary/aromatic N) is 3. The molecule has 3 aromatic rings. The summed E-state index contributed by atoms with van der Waals surface area (Å²) >= 11 is 0. The summed E-state index contributed by atoms with van der Waals surface area (Å²) in [6, 6.07) is 12.5. The summed E-state index contributed by atoms with van der Waals surface area (Å²) in [5.41, 5.74) is 3.68. The Hall–Kier alpha value is -3.51. The average molecular weight is 518 g/mol. The molecule has 0 aliphatic carbocycles. The van der Waals surface area contributed by atoms with Crippen LogP contribution in [0, 0.1) is 27.7 Å². The highest BCUT2D eigenvalue weighted by molar-refractivity contribution is 7.92. The minimum atomic E-state index is -3.95. The van der Waals surface area contributed by atoms with E-state index < -0.39 is 32.5 Å². The fourth-order valence-electron chi connectivity index (χ4n) is 3.49. The third-order valence-corrected chi connectivity index (χ3v) is 7.32. The Bertz CT molecular complexity index is 1430. The van der Waals surface area contributed by atoms with Gasteiger partial charge >= 0.3 is 0 Å². The van der Waals surface area contributed by atoms with Crippen LogP contribution < -0.4 is 14.3 Å². The van der Waals surface area contributed by atoms with Crippen LogP contribution in [0.2, 0.25) is 0 Å². The molecule has 0 bridgehead atoms. The fraction of sp³-hybridized carbons (Fsp3) is 0.261. The van der Waals surface area contributed by atoms with Crippen LogP contribution in [0.15, 0.2) is 53.4 Å². The van der Waals surface area contributed by atoms with Crippen molar-refractivity contribution in [2.75, 3.05) is 27.1 Å². The third-order valence-electron chi connectivity index (χ3n) is 4.84. The molecule has 12 heteroatoms. The van der Waals surface area contributed by atoms with E-state index in [1.807, 2.05) is 19.9 Å². The van der Waals surface area contributed by atoms with Crippen molar-refractivity contribution in [3.05, 3.63) is 71.0 Å². The molecular weight excluding hydrogens is 490 g/mol. The summed E-state index contributed by atoms with van der Waals surface area (Å²) in [5.74, 6) is -0.612. The van der Waals surface area contributed by atoms with Crippen LogP contribution >= 0.6 is 0 Å². The van der Waals surface area contributed by atoms with Gasteiger partial charge in [-0.3, -0.25) is 9.10 Å². The first kappa shape index (κ1) is 26.1. The van der Waals surface area contributed by atoms with Gasteiger partial charge in [-0.05, 0) is 81.3 Å². The third kappa shape index (κ3) is 6.99. The van der Waals surface area contributed by atoms with Crippen LogP contribution in [0.1, 0.15) is 22.5 Å². The molecule has 0 radical (unpaired) electrons. The van der Waals surface area contributed by atoms with Gasteiger partial charge in [0.1, 0.15) is 6.54 Å². The molecule has 10 nitrogen and oxygen atoms in total. The van der Waals surface area contributed by atoms with E-state index in [1.165, 1.54) is 24.3 Å². The molecule has 0 aliphatic heterocycles. The lowest BCUT2D eigenvalue weighted by atomic mass is 10.1. The topological polar surface area (TPSA) is 138 Å². The largest absolute Gasteiger partial charge is 0.325 e. The van der Waals surface area contributed by atoms with Crippen LogP contribution in [-0.2, 0) is 24.8 Å². The molecule has 0 spiro atoms. The second-order valence-corrected chi connectivity index (χ2v) is 11.9. The van der Waals surface area contributed by atoms with Crippen LogP contribution in [0.5, 0.6) is 0 Å². The predicted molar refractivity (Wildman–Crippen MR) is 135 cm³/mol. The molecule has 2 N–H and O–H groups in total. The lowest BCUT2D eigenvalue weighted by molar-refractivity contribution is -0.114. The Morgan fingerprint density at radius 1 is 0.857 bits per heavy atom. The molecule has 1 heterocycles. The molecule has 1 amide bonds. The van der Waals surface area contributed by atoms with E-state index in [4.69, 9.17) is 0 Å². The zero-order valence-corrected chi connectivity index (χ0v) is 21.7. The summed E-state index contributed by atoms with van der Waals surface area (Å²) < 4.78 is 53.4. The number of anilines is 3. The van der Waals surface area contributed by atoms with E-state index in [9.17, 15) is 21.6 Å². The monoisotopic (exact) mass is 517 g/mol. The molecule has 3 rings (SSSR count). The van der Waals surface area contributed by atoms with Crippen molar-refractivity contribution < 1.29 is 21.6 Å². The second kappa shape index (κ2) is 10.0. The van der Waals surface area contributed by atoms with Crippen molar-refractivity contribution in [2.24, 2.45) is 0 Å². The zero-order valence-electron chi connectivity index (χ0n) is 20.0. The number of amides is 1. The summed E-state index contributed by atoms with van der Waals surface area (Å²) in [6.45, 7) is 6.71. The number of hydrogen-bond donors (Lipinski definition) is 2. The zero-order chi connectivity index (χ0) is 26.0. The number of nitrogens with one attached hydrogen (secondary N) is 2. The maximum Gasteiger partial charge on any atom is 0.264 e.